The Morgan fingerprint density at radius 2 is 0.969 bits per heavy atom. The van der Waals surface area contributed by atoms with E-state index in [1.54, 1.807) is 4.90 Å². The van der Waals surface area contributed by atoms with Crippen molar-refractivity contribution in [3.05, 3.63) is 73.9 Å². The van der Waals surface area contributed by atoms with Crippen molar-refractivity contribution >= 4 is 64.9 Å². The summed E-state index contributed by atoms with van der Waals surface area (Å²) in [5.41, 5.74) is -1.71. The molecule has 4 saturated carbocycles. The van der Waals surface area contributed by atoms with E-state index >= 15 is 0 Å². The van der Waals surface area contributed by atoms with Crippen LogP contribution in [-0.4, -0.2) is 180 Å². The van der Waals surface area contributed by atoms with Gasteiger partial charge in [0.1, 0.15) is 47.6 Å². The number of carbonyl (C=O) groups excluding carboxylic acids is 11. The molecule has 0 spiro atoms. The fraction of sp³-hybridized carbons (Fsp3) is 0.681. The Kier molecular flexibility index (Phi) is 26.2. The summed E-state index contributed by atoms with van der Waals surface area (Å²) in [6.45, 7) is 31.2. The van der Waals surface area contributed by atoms with Gasteiger partial charge in [0.05, 0.1) is 24.5 Å². The first-order valence-corrected chi connectivity index (χ1v) is 35.2. The zero-order valence-corrected chi connectivity index (χ0v) is 59.5. The minimum Gasteiger partial charge on any atom is -0.381 e. The molecule has 538 valence electrons. The first-order valence-electron chi connectivity index (χ1n) is 35.2. The molecule has 2 aliphatic heterocycles. The summed E-state index contributed by atoms with van der Waals surface area (Å²) in [5, 5.41) is 33.3. The second-order valence-electron chi connectivity index (χ2n) is 30.9. The van der Waals surface area contributed by atoms with Gasteiger partial charge in [0, 0.05) is 51.0 Å². The largest absolute Gasteiger partial charge is 0.381 e. The molecule has 8 rings (SSSR count). The van der Waals surface area contributed by atoms with Crippen molar-refractivity contribution in [3.8, 4) is 0 Å². The van der Waals surface area contributed by atoms with Gasteiger partial charge in [0.2, 0.25) is 41.2 Å². The summed E-state index contributed by atoms with van der Waals surface area (Å²) in [5.74, 6) is -6.25. The van der Waals surface area contributed by atoms with E-state index in [9.17, 15) is 57.8 Å². The zero-order valence-electron chi connectivity index (χ0n) is 59.5. The number of aliphatic hydroxyl groups is 1. The van der Waals surface area contributed by atoms with Gasteiger partial charge < -0.3 is 57.4 Å². The molecular weight excluding hydrogens is 1250 g/mol. The number of aromatic nitrogens is 4. The maximum absolute atomic E-state index is 14.5. The maximum atomic E-state index is 14.5. The molecule has 10 amide bonds. The smallest absolute Gasteiger partial charge is 0.289 e. The van der Waals surface area contributed by atoms with Crippen LogP contribution in [0.2, 0.25) is 0 Å². The molecule has 3 unspecified atom stereocenters. The van der Waals surface area contributed by atoms with Crippen LogP contribution in [0.15, 0.2) is 62.5 Å². The summed E-state index contributed by atoms with van der Waals surface area (Å²) in [7, 11) is 0. The van der Waals surface area contributed by atoms with Gasteiger partial charge in [0.15, 0.2) is 6.10 Å². The Morgan fingerprint density at radius 1 is 0.561 bits per heavy atom. The Hall–Kier alpha value is -8.03. The van der Waals surface area contributed by atoms with E-state index in [2.05, 4.69) is 103 Å². The summed E-state index contributed by atoms with van der Waals surface area (Å²) >= 11 is 0. The highest BCUT2D eigenvalue weighted by molar-refractivity contribution is 6.38. The summed E-state index contributed by atoms with van der Waals surface area (Å²) in [6, 6.07) is -7.44. The van der Waals surface area contributed by atoms with Crippen molar-refractivity contribution in [1.82, 2.24) is 72.3 Å². The third-order valence-electron chi connectivity index (χ3n) is 21.1. The minimum atomic E-state index is -1.48. The lowest BCUT2D eigenvalue weighted by molar-refractivity contribution is -0.147. The van der Waals surface area contributed by atoms with Crippen LogP contribution in [0, 0.1) is 57.2 Å². The first-order chi connectivity index (χ1) is 46.3. The molecule has 2 aromatic rings. The second-order valence-corrected chi connectivity index (χ2v) is 30.9. The third-order valence-corrected chi connectivity index (χ3v) is 21.1. The van der Waals surface area contributed by atoms with Crippen molar-refractivity contribution in [3.63, 3.8) is 0 Å². The zero-order chi connectivity index (χ0) is 72.2. The van der Waals surface area contributed by atoms with Crippen LogP contribution in [0.3, 0.4) is 0 Å². The molecule has 6 fully saturated rings. The second kappa shape index (κ2) is 33.2. The molecule has 4 aliphatic carbocycles. The maximum Gasteiger partial charge on any atom is 0.289 e. The molecule has 2 saturated heterocycles. The molecule has 0 bridgehead atoms. The number of Topliss-reactive ketones (excluding diaryl/α,β-unsaturated/α-hetero) is 1. The van der Waals surface area contributed by atoms with Crippen molar-refractivity contribution in [2.45, 2.75) is 227 Å². The summed E-state index contributed by atoms with van der Waals surface area (Å²) in [4.78, 5) is 169. The SMILES string of the molecule is C=CCNC(=O)C(=O)C(CCC)NC(=O)[C@@H]1[C@@H]2[C@H](CN1C(=O)[C@@H](NC(=O)[C@@H](NC(=O)c1cnccn1)C1CCCCC1)C(C)(C)C)C2(C)C.C=CCNC(=O)C(O)C(CCC)NC(=O)[C@@H]1[C@@H]2[C@H](CN1C(=O)[C@@H](NC(=O)[C@@H](NC(=O)c1cnccn1)C1CCCCC1)C(C)(C)C)C2(C)C. The molecule has 98 heavy (non-hydrogen) atoms. The van der Waals surface area contributed by atoms with Crippen LogP contribution < -0.4 is 42.5 Å². The molecular formula is C72H108N14O12. The predicted molar refractivity (Wildman–Crippen MR) is 366 cm³/mol. The molecule has 0 aromatic carbocycles. The van der Waals surface area contributed by atoms with E-state index in [1.165, 1.54) is 54.2 Å². The van der Waals surface area contributed by atoms with Crippen LogP contribution in [-0.2, 0) is 43.2 Å². The van der Waals surface area contributed by atoms with Gasteiger partial charge >= 0.3 is 0 Å². The number of aliphatic hydroxyl groups excluding tert-OH is 1. The van der Waals surface area contributed by atoms with Crippen LogP contribution in [0.4, 0.5) is 0 Å². The fourth-order valence-corrected chi connectivity index (χ4v) is 15.3. The minimum absolute atomic E-state index is 0.0565. The van der Waals surface area contributed by atoms with Gasteiger partial charge in [-0.2, -0.15) is 0 Å². The lowest BCUT2D eigenvalue weighted by Gasteiger charge is -2.39. The quantitative estimate of drug-likeness (QED) is 0.0420. The average molecular weight is 1360 g/mol. The van der Waals surface area contributed by atoms with Crippen LogP contribution in [0.5, 0.6) is 0 Å². The first kappa shape index (κ1) is 77.3. The third kappa shape index (κ3) is 18.4. The number of likely N-dealkylation sites (tertiary alicyclic amines) is 2. The van der Waals surface area contributed by atoms with Crippen molar-refractivity contribution in [2.75, 3.05) is 26.2 Å². The fourth-order valence-electron chi connectivity index (χ4n) is 15.3. The average Bonchev–Trinajstić information content (AvgIpc) is 1.53. The highest BCUT2D eigenvalue weighted by atomic mass is 16.3. The van der Waals surface area contributed by atoms with E-state index in [-0.39, 0.29) is 83.1 Å². The van der Waals surface area contributed by atoms with E-state index in [0.29, 0.717) is 32.4 Å². The molecule has 9 N–H and O–H groups in total. The normalized spacial score (nSPS) is 23.6. The number of hydrogen-bond acceptors (Lipinski definition) is 16. The van der Waals surface area contributed by atoms with Crippen molar-refractivity contribution in [1.29, 1.82) is 0 Å². The molecule has 2 aromatic heterocycles. The monoisotopic (exact) mass is 1360 g/mol. The standard InChI is InChI=1S/C36H55N7O6.C36H53N7O6/c2*1-8-13-23(28(44)33(48)39-16-9-2)40-32(47)27-25-22(36(25,6)7)20-43(27)34(49)29(35(3,4)5)42-31(46)26(21-14-11-10-12-15-21)41-30(45)24-19-37-17-18-38-24/h9,17-19,21-23,25-29,44H,2,8,10-16,20H2,1,3-7H3,(H,39,48)(H,40,47)(H,41,45)(H,42,46);9,17-19,21-23,25-27,29H,2,8,10-16,20H2,1,3-7H3,(H,39,48)(H,40,47)(H,41,45)(H,42,46)/t22-,23?,25-,26-,27-,28?,29+;22-,23?,25-,26-,27-,29+/m00/s1. The number of nitrogens with zero attached hydrogens (tertiary/aromatic N) is 6. The van der Waals surface area contributed by atoms with E-state index in [1.807, 2.05) is 55.4 Å². The molecule has 0 radical (unpaired) electrons. The number of nitrogens with one attached hydrogen (secondary N) is 8. The molecule has 6 aliphatic rings. The van der Waals surface area contributed by atoms with E-state index in [4.69, 9.17) is 0 Å². The van der Waals surface area contributed by atoms with Crippen LogP contribution >= 0.6 is 0 Å². The Morgan fingerprint density at radius 3 is 1.35 bits per heavy atom. The Labute approximate surface area is 577 Å². The lowest BCUT2D eigenvalue weighted by atomic mass is 9.82. The molecule has 4 heterocycles. The summed E-state index contributed by atoms with van der Waals surface area (Å²) in [6.07, 6.45) is 20.5. The van der Waals surface area contributed by atoms with Crippen molar-refractivity contribution in [2.24, 2.45) is 57.2 Å². The number of amides is 10. The van der Waals surface area contributed by atoms with Gasteiger partial charge in [-0.15, -0.1) is 13.2 Å². The topological polar surface area (TPSA) is 362 Å². The molecule has 26 heteroatoms. The van der Waals surface area contributed by atoms with E-state index < -0.39 is 124 Å². The molecule has 26 nitrogen and oxygen atoms in total. The lowest BCUT2D eigenvalue weighted by Crippen LogP contribution is -2.63. The number of rotatable bonds is 28. The van der Waals surface area contributed by atoms with Crippen LogP contribution in [0.25, 0.3) is 0 Å². The Balaban J connectivity index is 0.000000276. The van der Waals surface area contributed by atoms with Crippen LogP contribution in [0.1, 0.15) is 194 Å². The van der Waals surface area contributed by atoms with E-state index in [0.717, 1.165) is 64.2 Å². The number of carbonyl (C=O) groups is 11. The van der Waals surface area contributed by atoms with Gasteiger partial charge in [-0.05, 0) is 95.7 Å². The highest BCUT2D eigenvalue weighted by Crippen LogP contribution is 2.66. The van der Waals surface area contributed by atoms with Gasteiger partial charge in [-0.25, -0.2) is 9.97 Å². The van der Waals surface area contributed by atoms with Gasteiger partial charge in [-0.3, -0.25) is 62.7 Å². The highest BCUT2D eigenvalue weighted by Gasteiger charge is 2.71. The predicted octanol–water partition coefficient (Wildman–Crippen LogP) is 4.44. The number of hydrogen-bond donors (Lipinski definition) is 9. The molecule has 13 atom stereocenters. The Bertz CT molecular complexity index is 3210. The van der Waals surface area contributed by atoms with Gasteiger partial charge in [-0.1, -0.05) is 147 Å². The number of fused-ring (bicyclic) bond motifs is 2. The van der Waals surface area contributed by atoms with Gasteiger partial charge in [0.25, 0.3) is 23.6 Å². The number of ketones is 1. The summed E-state index contributed by atoms with van der Waals surface area (Å²) < 4.78 is 0. The number of piperidine rings is 2. The van der Waals surface area contributed by atoms with Crippen molar-refractivity contribution < 1.29 is 57.8 Å².